The summed E-state index contributed by atoms with van der Waals surface area (Å²) < 4.78 is 1.44. The number of hydrazone groups is 1. The van der Waals surface area contributed by atoms with Crippen LogP contribution in [-0.4, -0.2) is 77.3 Å². The lowest BCUT2D eigenvalue weighted by Gasteiger charge is -2.30. The first kappa shape index (κ1) is 19.0. The highest BCUT2D eigenvalue weighted by Crippen LogP contribution is 2.19. The molecule has 0 aliphatic carbocycles. The standard InChI is InChI=1S/C16H14Cl2N6O3/c1-22-14-13(15(26)23(2)16(22)27)24(8-19-14)7-12(25)21-20-6-9-3-4-10(17)5-11(9)18/h3-6,8,13H,7H2,1-2H3/p+1/b20-6+. The highest BCUT2D eigenvalue weighted by atomic mass is 35.5. The third-order valence-corrected chi connectivity index (χ3v) is 4.64. The summed E-state index contributed by atoms with van der Waals surface area (Å²) in [6.07, 6.45) is 2.75. The van der Waals surface area contributed by atoms with E-state index in [0.717, 1.165) is 4.90 Å². The molecule has 140 valence electrons. The predicted octanol–water partition coefficient (Wildman–Crippen LogP) is 0.789. The van der Waals surface area contributed by atoms with Gasteiger partial charge in [-0.1, -0.05) is 29.3 Å². The second kappa shape index (κ2) is 7.45. The van der Waals surface area contributed by atoms with Gasteiger partial charge in [0.15, 0.2) is 6.54 Å². The van der Waals surface area contributed by atoms with E-state index < -0.39 is 23.9 Å². The molecule has 1 saturated heterocycles. The van der Waals surface area contributed by atoms with Crippen LogP contribution in [-0.2, 0) is 9.59 Å². The zero-order valence-electron chi connectivity index (χ0n) is 14.4. The summed E-state index contributed by atoms with van der Waals surface area (Å²) in [5.41, 5.74) is 2.95. The quantitative estimate of drug-likeness (QED) is 0.452. The summed E-state index contributed by atoms with van der Waals surface area (Å²) in [4.78, 5) is 42.8. The van der Waals surface area contributed by atoms with Crippen LogP contribution >= 0.6 is 23.2 Å². The fraction of sp³-hybridized carbons (Fsp3) is 0.250. The Labute approximate surface area is 164 Å². The maximum absolute atomic E-state index is 12.4. The van der Waals surface area contributed by atoms with E-state index in [9.17, 15) is 14.4 Å². The molecule has 2 aliphatic heterocycles. The Bertz CT molecular complexity index is 927. The smallest absolute Gasteiger partial charge is 0.269 e. The SMILES string of the molecule is CN1C(=O)C2C(=NC=[N+]2CC(=O)N/N=C/c2ccc(Cl)cc2Cl)N(C)C1=O. The number of halogens is 2. The van der Waals surface area contributed by atoms with Crippen molar-refractivity contribution >= 4 is 59.4 Å². The van der Waals surface area contributed by atoms with Crippen molar-refractivity contribution in [1.82, 2.24) is 15.2 Å². The number of nitrogens with zero attached hydrogens (tertiary/aromatic N) is 5. The van der Waals surface area contributed by atoms with E-state index in [2.05, 4.69) is 15.5 Å². The summed E-state index contributed by atoms with van der Waals surface area (Å²) in [6, 6.07) is 3.58. The third kappa shape index (κ3) is 3.69. The first-order chi connectivity index (χ1) is 12.8. The van der Waals surface area contributed by atoms with Crippen LogP contribution in [0, 0.1) is 0 Å². The third-order valence-electron chi connectivity index (χ3n) is 4.08. The second-order valence-corrected chi connectivity index (χ2v) is 6.72. The lowest BCUT2D eigenvalue weighted by molar-refractivity contribution is -0.519. The number of imide groups is 1. The molecular weight excluding hydrogens is 395 g/mol. The fourth-order valence-corrected chi connectivity index (χ4v) is 3.11. The van der Waals surface area contributed by atoms with Crippen molar-refractivity contribution < 1.29 is 19.0 Å². The maximum atomic E-state index is 12.4. The Morgan fingerprint density at radius 2 is 2.07 bits per heavy atom. The molecule has 1 aromatic carbocycles. The van der Waals surface area contributed by atoms with Crippen LogP contribution in [0.2, 0.25) is 10.0 Å². The zero-order valence-corrected chi connectivity index (χ0v) is 15.9. The van der Waals surface area contributed by atoms with Gasteiger partial charge in [-0.15, -0.1) is 0 Å². The number of hydrogen-bond acceptors (Lipinski definition) is 5. The van der Waals surface area contributed by atoms with Crippen molar-refractivity contribution in [2.45, 2.75) is 6.04 Å². The van der Waals surface area contributed by atoms with Gasteiger partial charge in [0.1, 0.15) is 0 Å². The van der Waals surface area contributed by atoms with Crippen LogP contribution in [0.5, 0.6) is 0 Å². The summed E-state index contributed by atoms with van der Waals surface area (Å²) in [5, 5.41) is 4.74. The summed E-state index contributed by atoms with van der Waals surface area (Å²) in [6.45, 7) is -0.162. The van der Waals surface area contributed by atoms with Crippen molar-refractivity contribution in [1.29, 1.82) is 0 Å². The molecule has 9 nitrogen and oxygen atoms in total. The van der Waals surface area contributed by atoms with Crippen LogP contribution in [0.25, 0.3) is 0 Å². The molecule has 3 rings (SSSR count). The summed E-state index contributed by atoms with van der Waals surface area (Å²) >= 11 is 11.8. The van der Waals surface area contributed by atoms with E-state index >= 15 is 0 Å². The molecule has 2 heterocycles. The Kier molecular flexibility index (Phi) is 5.24. The van der Waals surface area contributed by atoms with Crippen LogP contribution in [0.3, 0.4) is 0 Å². The van der Waals surface area contributed by atoms with Crippen molar-refractivity contribution in [3.05, 3.63) is 33.8 Å². The van der Waals surface area contributed by atoms with Gasteiger partial charge >= 0.3 is 6.03 Å². The minimum atomic E-state index is -0.821. The molecule has 0 spiro atoms. The molecule has 1 unspecified atom stereocenters. The second-order valence-electron chi connectivity index (χ2n) is 5.88. The molecule has 4 amide bonds. The Morgan fingerprint density at radius 3 is 2.78 bits per heavy atom. The minimum absolute atomic E-state index is 0.162. The monoisotopic (exact) mass is 409 g/mol. The zero-order chi connectivity index (χ0) is 19.7. The molecule has 2 aliphatic rings. The van der Waals surface area contributed by atoms with Gasteiger partial charge in [0, 0.05) is 24.7 Å². The summed E-state index contributed by atoms with van der Waals surface area (Å²) in [5.74, 6) is -0.624. The van der Waals surface area contributed by atoms with Crippen LogP contribution in [0.15, 0.2) is 28.3 Å². The number of benzene rings is 1. The van der Waals surface area contributed by atoms with Gasteiger partial charge in [0.25, 0.3) is 30.0 Å². The number of aliphatic imine (C=N–C) groups is 1. The van der Waals surface area contributed by atoms with Crippen LogP contribution in [0.4, 0.5) is 4.79 Å². The van der Waals surface area contributed by atoms with Gasteiger partial charge < -0.3 is 0 Å². The van der Waals surface area contributed by atoms with Crippen molar-refractivity contribution in [3.8, 4) is 0 Å². The highest BCUT2D eigenvalue weighted by Gasteiger charge is 2.50. The lowest BCUT2D eigenvalue weighted by Crippen LogP contribution is -2.61. The molecule has 0 aromatic heterocycles. The van der Waals surface area contributed by atoms with Crippen molar-refractivity contribution in [2.24, 2.45) is 10.1 Å². The molecular formula is C16H15Cl2N6O3+. The Hall–Kier alpha value is -2.78. The molecule has 0 bridgehead atoms. The molecule has 1 atom stereocenters. The molecule has 11 heteroatoms. The number of hydrogen-bond donors (Lipinski definition) is 1. The number of carbonyl (C=O) groups is 3. The fourth-order valence-electron chi connectivity index (χ4n) is 2.66. The molecule has 27 heavy (non-hydrogen) atoms. The van der Waals surface area contributed by atoms with Crippen molar-refractivity contribution in [3.63, 3.8) is 0 Å². The number of nitrogens with one attached hydrogen (secondary N) is 1. The number of amidine groups is 1. The van der Waals surface area contributed by atoms with E-state index in [1.54, 1.807) is 18.2 Å². The minimum Gasteiger partial charge on any atom is -0.269 e. The van der Waals surface area contributed by atoms with E-state index in [-0.39, 0.29) is 12.4 Å². The van der Waals surface area contributed by atoms with Gasteiger partial charge in [0.05, 0.1) is 11.2 Å². The van der Waals surface area contributed by atoms with Gasteiger partial charge in [-0.25, -0.2) is 14.8 Å². The largest absolute Gasteiger partial charge is 0.333 e. The topological polar surface area (TPSA) is 97.4 Å². The van der Waals surface area contributed by atoms with Gasteiger partial charge in [-0.3, -0.25) is 19.4 Å². The van der Waals surface area contributed by atoms with E-state index in [1.165, 1.54) is 36.1 Å². The number of fused-ring (bicyclic) bond motifs is 1. The summed E-state index contributed by atoms with van der Waals surface area (Å²) in [7, 11) is 2.91. The van der Waals surface area contributed by atoms with Gasteiger partial charge in [-0.2, -0.15) is 5.10 Å². The average Bonchev–Trinajstić information content (AvgIpc) is 3.03. The first-order valence-electron chi connectivity index (χ1n) is 7.78. The van der Waals surface area contributed by atoms with Gasteiger partial charge in [-0.05, 0) is 17.1 Å². The predicted molar refractivity (Wildman–Crippen MR) is 101 cm³/mol. The number of urea groups is 1. The Morgan fingerprint density at radius 1 is 1.33 bits per heavy atom. The number of likely N-dealkylation sites (N-methyl/N-ethyl adjacent to an activating group) is 2. The Balaban J connectivity index is 1.63. The normalized spacial score (nSPS) is 19.3. The van der Waals surface area contributed by atoms with Crippen LogP contribution < -0.4 is 5.43 Å². The molecule has 0 saturated carbocycles. The average molecular weight is 410 g/mol. The molecule has 0 radical (unpaired) electrons. The number of amides is 4. The first-order valence-corrected chi connectivity index (χ1v) is 8.54. The van der Waals surface area contributed by atoms with E-state index in [0.29, 0.717) is 15.6 Å². The van der Waals surface area contributed by atoms with E-state index in [4.69, 9.17) is 23.2 Å². The van der Waals surface area contributed by atoms with Crippen LogP contribution in [0.1, 0.15) is 5.56 Å². The molecule has 1 aromatic rings. The molecule has 1 fully saturated rings. The molecule has 1 N–H and O–H groups in total. The number of rotatable bonds is 4. The maximum Gasteiger partial charge on any atom is 0.333 e. The van der Waals surface area contributed by atoms with E-state index in [1.807, 2.05) is 0 Å². The van der Waals surface area contributed by atoms with Crippen molar-refractivity contribution in [2.75, 3.05) is 20.6 Å². The highest BCUT2D eigenvalue weighted by molar-refractivity contribution is 6.36. The lowest BCUT2D eigenvalue weighted by atomic mass is 10.1. The number of carbonyl (C=O) groups excluding carboxylic acids is 3. The van der Waals surface area contributed by atoms with Gasteiger partial charge in [0.2, 0.25) is 0 Å².